The van der Waals surface area contributed by atoms with E-state index in [2.05, 4.69) is 26.3 Å². The van der Waals surface area contributed by atoms with E-state index in [1.807, 2.05) is 57.2 Å². The molecule has 7 heteroatoms. The van der Waals surface area contributed by atoms with Crippen LogP contribution in [0.25, 0.3) is 10.9 Å². The lowest BCUT2D eigenvalue weighted by atomic mass is 9.81. The van der Waals surface area contributed by atoms with E-state index in [-0.39, 0.29) is 11.7 Å². The fourth-order valence-corrected chi connectivity index (χ4v) is 4.60. The number of aryl methyl sites for hydroxylation is 3. The largest absolute Gasteiger partial charge is 0.496 e. The Balaban J connectivity index is 1.50. The molecule has 0 aliphatic heterocycles. The molecule has 33 heavy (non-hydrogen) atoms. The summed E-state index contributed by atoms with van der Waals surface area (Å²) in [6.45, 7) is 5.86. The van der Waals surface area contributed by atoms with Crippen LogP contribution in [0.3, 0.4) is 0 Å². The third-order valence-electron chi connectivity index (χ3n) is 6.16. The molecule has 1 aliphatic carbocycles. The highest BCUT2D eigenvalue weighted by atomic mass is 16.5. The summed E-state index contributed by atoms with van der Waals surface area (Å²) in [5.74, 6) is 1.69. The van der Waals surface area contributed by atoms with Gasteiger partial charge in [0.25, 0.3) is 0 Å². The van der Waals surface area contributed by atoms with E-state index in [9.17, 15) is 4.79 Å². The quantitative estimate of drug-likeness (QED) is 0.478. The van der Waals surface area contributed by atoms with Crippen LogP contribution in [0.15, 0.2) is 42.5 Å². The maximum absolute atomic E-state index is 13.0. The molecule has 0 spiro atoms. The number of fused-ring (bicyclic) bond motifs is 2. The van der Waals surface area contributed by atoms with Crippen LogP contribution in [-0.2, 0) is 6.42 Å². The number of anilines is 2. The number of hydrogen-bond donors (Lipinski definition) is 1. The summed E-state index contributed by atoms with van der Waals surface area (Å²) >= 11 is 0. The second kappa shape index (κ2) is 8.24. The maximum atomic E-state index is 13.0. The van der Waals surface area contributed by atoms with Crippen molar-refractivity contribution in [1.82, 2.24) is 19.9 Å². The number of rotatable bonds is 4. The monoisotopic (exact) mass is 439 g/mol. The molecule has 0 saturated heterocycles. The molecule has 5 rings (SSSR count). The Bertz CT molecular complexity index is 1400. The Labute approximate surface area is 192 Å². The lowest BCUT2D eigenvalue weighted by Gasteiger charge is -2.25. The highest BCUT2D eigenvalue weighted by molar-refractivity contribution is 6.00. The number of carbonyl (C=O) groups is 1. The summed E-state index contributed by atoms with van der Waals surface area (Å²) in [7, 11) is 1.65. The molecule has 4 aromatic rings. The highest BCUT2D eigenvalue weighted by Gasteiger charge is 2.31. The number of para-hydroxylation sites is 1. The molecule has 2 aromatic carbocycles. The van der Waals surface area contributed by atoms with E-state index in [0.717, 1.165) is 39.2 Å². The molecule has 2 aromatic heterocycles. The van der Waals surface area contributed by atoms with Gasteiger partial charge in [-0.05, 0) is 51.0 Å². The fraction of sp³-hybridized carbons (Fsp3) is 0.269. The topological polar surface area (TPSA) is 89.9 Å². The summed E-state index contributed by atoms with van der Waals surface area (Å²) in [6.07, 6.45) is 1.05. The second-order valence-corrected chi connectivity index (χ2v) is 8.50. The van der Waals surface area contributed by atoms with Crippen molar-refractivity contribution in [1.29, 1.82) is 0 Å². The molecule has 1 unspecified atom stereocenters. The molecule has 166 valence electrons. The van der Waals surface area contributed by atoms with Gasteiger partial charge in [-0.3, -0.25) is 10.1 Å². The van der Waals surface area contributed by atoms with Crippen molar-refractivity contribution in [2.75, 3.05) is 12.4 Å². The Kier molecular flexibility index (Phi) is 5.24. The van der Waals surface area contributed by atoms with Gasteiger partial charge in [-0.15, -0.1) is 0 Å². The maximum Gasteiger partial charge on any atom is 0.230 e. The number of benzene rings is 2. The molecular weight excluding hydrogens is 414 g/mol. The summed E-state index contributed by atoms with van der Waals surface area (Å²) in [6, 6.07) is 13.9. The number of aromatic nitrogens is 4. The molecule has 1 aliphatic rings. The van der Waals surface area contributed by atoms with Gasteiger partial charge in [0.1, 0.15) is 5.75 Å². The minimum absolute atomic E-state index is 0.00528. The van der Waals surface area contributed by atoms with Crippen molar-refractivity contribution in [3.63, 3.8) is 0 Å². The van der Waals surface area contributed by atoms with Crippen molar-refractivity contribution in [2.45, 2.75) is 39.5 Å². The lowest BCUT2D eigenvalue weighted by Crippen LogP contribution is -2.23. The molecule has 1 N–H and O–H groups in total. The van der Waals surface area contributed by atoms with Gasteiger partial charge in [0, 0.05) is 17.7 Å². The molecule has 2 heterocycles. The van der Waals surface area contributed by atoms with Gasteiger partial charge >= 0.3 is 0 Å². The van der Waals surface area contributed by atoms with Crippen LogP contribution in [0, 0.1) is 20.8 Å². The normalized spacial score (nSPS) is 15.4. The second-order valence-electron chi connectivity index (χ2n) is 8.50. The number of carbonyl (C=O) groups excluding carboxylic acids is 1. The van der Waals surface area contributed by atoms with E-state index in [1.165, 1.54) is 0 Å². The van der Waals surface area contributed by atoms with Crippen LogP contribution in [0.1, 0.15) is 50.9 Å². The molecule has 0 amide bonds. The van der Waals surface area contributed by atoms with Gasteiger partial charge in [-0.1, -0.05) is 29.8 Å². The zero-order valence-corrected chi connectivity index (χ0v) is 19.1. The minimum Gasteiger partial charge on any atom is -0.496 e. The Morgan fingerprint density at radius 1 is 0.909 bits per heavy atom. The van der Waals surface area contributed by atoms with Crippen LogP contribution in [0.2, 0.25) is 0 Å². The summed E-state index contributed by atoms with van der Waals surface area (Å²) in [5, 5.41) is 4.18. The molecule has 1 atom stereocenters. The Morgan fingerprint density at radius 3 is 2.48 bits per heavy atom. The zero-order valence-electron chi connectivity index (χ0n) is 19.1. The van der Waals surface area contributed by atoms with E-state index < -0.39 is 0 Å². The standard InChI is InChI=1S/C26H25N5O2/c1-14-9-10-20-19(11-14)15(2)27-25(29-20)31-26-28-16(3)24-21(30-26)12-17(13-22(24)32)18-7-5-6-8-23(18)33-4/h5-11,17H,12-13H2,1-4H3,(H,27,28,29,30,31). The van der Waals surface area contributed by atoms with Crippen molar-refractivity contribution in [3.8, 4) is 5.75 Å². The van der Waals surface area contributed by atoms with E-state index in [0.29, 0.717) is 36.0 Å². The number of nitrogens with one attached hydrogen (secondary N) is 1. The van der Waals surface area contributed by atoms with Crippen molar-refractivity contribution in [2.24, 2.45) is 0 Å². The number of ether oxygens (including phenoxy) is 1. The van der Waals surface area contributed by atoms with Crippen LogP contribution in [0.5, 0.6) is 5.75 Å². The third kappa shape index (κ3) is 3.91. The molecule has 0 fully saturated rings. The van der Waals surface area contributed by atoms with Crippen LogP contribution in [0.4, 0.5) is 11.9 Å². The van der Waals surface area contributed by atoms with Crippen LogP contribution < -0.4 is 10.1 Å². The van der Waals surface area contributed by atoms with Gasteiger partial charge in [-0.2, -0.15) is 0 Å². The fourth-order valence-electron chi connectivity index (χ4n) is 4.60. The zero-order chi connectivity index (χ0) is 23.1. The number of nitrogens with zero attached hydrogens (tertiary/aromatic N) is 4. The lowest BCUT2D eigenvalue weighted by molar-refractivity contribution is 0.0961. The first-order chi connectivity index (χ1) is 15.9. The summed E-state index contributed by atoms with van der Waals surface area (Å²) in [4.78, 5) is 31.5. The first-order valence-electron chi connectivity index (χ1n) is 11.0. The molecule has 0 saturated carbocycles. The van der Waals surface area contributed by atoms with E-state index >= 15 is 0 Å². The van der Waals surface area contributed by atoms with Crippen molar-refractivity contribution in [3.05, 3.63) is 76.2 Å². The predicted octanol–water partition coefficient (Wildman–Crippen LogP) is 5.01. The van der Waals surface area contributed by atoms with Gasteiger partial charge < -0.3 is 4.74 Å². The van der Waals surface area contributed by atoms with Gasteiger partial charge in [0.15, 0.2) is 5.78 Å². The highest BCUT2D eigenvalue weighted by Crippen LogP contribution is 2.37. The molecular formula is C26H25N5O2. The number of ketones is 1. The van der Waals surface area contributed by atoms with Crippen LogP contribution in [-0.4, -0.2) is 32.8 Å². The van der Waals surface area contributed by atoms with E-state index in [1.54, 1.807) is 7.11 Å². The molecule has 0 radical (unpaired) electrons. The van der Waals surface area contributed by atoms with E-state index in [4.69, 9.17) is 9.72 Å². The summed E-state index contributed by atoms with van der Waals surface area (Å²) in [5.41, 5.74) is 5.96. The SMILES string of the molecule is COc1ccccc1C1CC(=O)c2c(C)nc(Nc3nc(C)c4cc(C)ccc4n3)nc2C1. The molecule has 0 bridgehead atoms. The first-order valence-corrected chi connectivity index (χ1v) is 11.0. The third-order valence-corrected chi connectivity index (χ3v) is 6.16. The van der Waals surface area contributed by atoms with Gasteiger partial charge in [0.05, 0.1) is 35.3 Å². The van der Waals surface area contributed by atoms with Crippen molar-refractivity contribution >= 4 is 28.6 Å². The summed E-state index contributed by atoms with van der Waals surface area (Å²) < 4.78 is 5.53. The van der Waals surface area contributed by atoms with Crippen LogP contribution >= 0.6 is 0 Å². The first kappa shape index (κ1) is 21.0. The molecule has 7 nitrogen and oxygen atoms in total. The van der Waals surface area contributed by atoms with Gasteiger partial charge in [-0.25, -0.2) is 19.9 Å². The number of methoxy groups -OCH3 is 1. The van der Waals surface area contributed by atoms with Crippen molar-refractivity contribution < 1.29 is 9.53 Å². The van der Waals surface area contributed by atoms with Gasteiger partial charge in [0.2, 0.25) is 11.9 Å². The smallest absolute Gasteiger partial charge is 0.230 e. The average Bonchev–Trinajstić information content (AvgIpc) is 2.79. The average molecular weight is 440 g/mol. The minimum atomic E-state index is 0.00528. The number of hydrogen-bond acceptors (Lipinski definition) is 7. The predicted molar refractivity (Wildman–Crippen MR) is 127 cm³/mol. The Hall–Kier alpha value is -3.87. The Morgan fingerprint density at radius 2 is 1.67 bits per heavy atom. The number of Topliss-reactive ketones (excluding diaryl/α,β-unsaturated/α-hetero) is 1.